The average molecular weight is 260 g/mol. The maximum atomic E-state index is 12.5. The van der Waals surface area contributed by atoms with Gasteiger partial charge in [-0.2, -0.15) is 13.2 Å². The van der Waals surface area contributed by atoms with Gasteiger partial charge in [0.1, 0.15) is 11.5 Å². The number of halogens is 3. The summed E-state index contributed by atoms with van der Waals surface area (Å²) in [5.74, 6) is 0.280. The highest BCUT2D eigenvalue weighted by Crippen LogP contribution is 2.29. The zero-order valence-electron chi connectivity index (χ0n) is 10.9. The number of nitrogens with zero attached hydrogens (tertiary/aromatic N) is 1. The monoisotopic (exact) mass is 260 g/mol. The molecule has 0 fully saturated rings. The van der Waals surface area contributed by atoms with Crippen LogP contribution in [0.2, 0.25) is 0 Å². The molecule has 1 aromatic heterocycles. The first kappa shape index (κ1) is 14.8. The van der Waals surface area contributed by atoms with Crippen molar-refractivity contribution in [2.45, 2.75) is 51.7 Å². The summed E-state index contributed by atoms with van der Waals surface area (Å²) in [4.78, 5) is 3.62. The van der Waals surface area contributed by atoms with Gasteiger partial charge in [-0.25, -0.2) is 4.98 Å². The molecule has 0 aliphatic rings. The van der Waals surface area contributed by atoms with Gasteiger partial charge >= 0.3 is 6.18 Å². The second kappa shape index (κ2) is 5.59. The summed E-state index contributed by atoms with van der Waals surface area (Å²) in [6.07, 6.45) is -1.71. The Kier molecular flexibility index (Phi) is 4.59. The van der Waals surface area contributed by atoms with E-state index in [1.807, 2.05) is 13.8 Å². The van der Waals surface area contributed by atoms with Gasteiger partial charge in [-0.15, -0.1) is 0 Å². The van der Waals surface area contributed by atoms with Gasteiger partial charge in [0.05, 0.1) is 0 Å². The molecule has 102 valence electrons. The van der Waals surface area contributed by atoms with E-state index in [2.05, 4.69) is 17.2 Å². The van der Waals surface area contributed by atoms with Crippen molar-refractivity contribution in [1.82, 2.24) is 4.98 Å². The van der Waals surface area contributed by atoms with Crippen molar-refractivity contribution in [2.24, 2.45) is 0 Å². The number of aromatic nitrogens is 1. The quantitative estimate of drug-likeness (QED) is 0.844. The van der Waals surface area contributed by atoms with Crippen molar-refractivity contribution >= 4 is 5.82 Å². The maximum Gasteiger partial charge on any atom is 0.433 e. The van der Waals surface area contributed by atoms with Crippen LogP contribution in [0.25, 0.3) is 0 Å². The second-order valence-electron chi connectivity index (χ2n) is 4.70. The van der Waals surface area contributed by atoms with Gasteiger partial charge in [0.25, 0.3) is 0 Å². The highest BCUT2D eigenvalue weighted by atomic mass is 19.4. The minimum atomic E-state index is -4.40. The number of anilines is 1. The third kappa shape index (κ3) is 3.89. The van der Waals surface area contributed by atoms with Crippen LogP contribution in [0.5, 0.6) is 0 Å². The van der Waals surface area contributed by atoms with Crippen LogP contribution in [0.1, 0.15) is 45.7 Å². The minimum Gasteiger partial charge on any atom is -0.365 e. The molecule has 1 aromatic rings. The van der Waals surface area contributed by atoms with E-state index < -0.39 is 11.9 Å². The third-order valence-corrected chi connectivity index (χ3v) is 3.05. The second-order valence-corrected chi connectivity index (χ2v) is 4.70. The molecule has 1 rings (SSSR count). The highest BCUT2D eigenvalue weighted by Gasteiger charge is 2.33. The third-order valence-electron chi connectivity index (χ3n) is 3.05. The topological polar surface area (TPSA) is 24.9 Å². The summed E-state index contributed by atoms with van der Waals surface area (Å²) < 4.78 is 37.6. The summed E-state index contributed by atoms with van der Waals surface area (Å²) >= 11 is 0. The van der Waals surface area contributed by atoms with Crippen LogP contribution in [-0.4, -0.2) is 10.5 Å². The number of hydrogen-bond donors (Lipinski definition) is 1. The molecular formula is C13H19F3N2. The lowest BCUT2D eigenvalue weighted by atomic mass is 9.93. The molecule has 2 nitrogen and oxygen atoms in total. The molecule has 1 N–H and O–H groups in total. The SMILES string of the molecule is CCCC(C)(CC)Nc1cccc(C(F)(F)F)n1. The van der Waals surface area contributed by atoms with Crippen LogP contribution in [0, 0.1) is 0 Å². The lowest BCUT2D eigenvalue weighted by molar-refractivity contribution is -0.141. The van der Waals surface area contributed by atoms with Crippen molar-refractivity contribution < 1.29 is 13.2 Å². The molecule has 1 atom stereocenters. The van der Waals surface area contributed by atoms with Gasteiger partial charge in [0, 0.05) is 5.54 Å². The molecule has 0 saturated heterocycles. The largest absolute Gasteiger partial charge is 0.433 e. The van der Waals surface area contributed by atoms with E-state index in [9.17, 15) is 13.2 Å². The van der Waals surface area contributed by atoms with Crippen LogP contribution in [0.3, 0.4) is 0 Å². The van der Waals surface area contributed by atoms with Crippen molar-refractivity contribution in [3.8, 4) is 0 Å². The van der Waals surface area contributed by atoms with E-state index in [-0.39, 0.29) is 11.4 Å². The first-order valence-electron chi connectivity index (χ1n) is 6.13. The van der Waals surface area contributed by atoms with E-state index >= 15 is 0 Å². The first-order valence-corrected chi connectivity index (χ1v) is 6.13. The fourth-order valence-corrected chi connectivity index (χ4v) is 1.85. The number of hydrogen-bond acceptors (Lipinski definition) is 2. The Bertz CT molecular complexity index is 390. The molecule has 0 bridgehead atoms. The number of rotatable bonds is 5. The lowest BCUT2D eigenvalue weighted by Gasteiger charge is -2.30. The van der Waals surface area contributed by atoms with Gasteiger partial charge < -0.3 is 5.32 Å². The lowest BCUT2D eigenvalue weighted by Crippen LogP contribution is -2.34. The number of pyridine rings is 1. The molecule has 0 radical (unpaired) electrons. The molecule has 0 amide bonds. The predicted molar refractivity (Wildman–Crippen MR) is 66.5 cm³/mol. The number of alkyl halides is 3. The molecule has 0 spiro atoms. The highest BCUT2D eigenvalue weighted by molar-refractivity contribution is 5.38. The van der Waals surface area contributed by atoms with Crippen molar-refractivity contribution in [3.05, 3.63) is 23.9 Å². The predicted octanol–water partition coefficient (Wildman–Crippen LogP) is 4.48. The normalized spacial score (nSPS) is 15.2. The Balaban J connectivity index is 2.91. The summed E-state index contributed by atoms with van der Waals surface area (Å²) in [5, 5.41) is 3.11. The van der Waals surface area contributed by atoms with Gasteiger partial charge in [-0.05, 0) is 31.9 Å². The smallest absolute Gasteiger partial charge is 0.365 e. The Morgan fingerprint density at radius 2 is 1.89 bits per heavy atom. The maximum absolute atomic E-state index is 12.5. The molecular weight excluding hydrogens is 241 g/mol. The first-order chi connectivity index (χ1) is 8.30. The zero-order chi connectivity index (χ0) is 13.8. The number of nitrogens with one attached hydrogen (secondary N) is 1. The van der Waals surface area contributed by atoms with Gasteiger partial charge in [0.2, 0.25) is 0 Å². The summed E-state index contributed by atoms with van der Waals surface area (Å²) in [6.45, 7) is 6.06. The van der Waals surface area contributed by atoms with E-state index in [0.717, 1.165) is 25.3 Å². The average Bonchev–Trinajstić information content (AvgIpc) is 2.28. The van der Waals surface area contributed by atoms with Crippen LogP contribution in [-0.2, 0) is 6.18 Å². The van der Waals surface area contributed by atoms with Crippen molar-refractivity contribution in [3.63, 3.8) is 0 Å². The van der Waals surface area contributed by atoms with Crippen molar-refractivity contribution in [1.29, 1.82) is 0 Å². The Hall–Kier alpha value is -1.26. The molecule has 1 unspecified atom stereocenters. The molecule has 0 aromatic carbocycles. The fraction of sp³-hybridized carbons (Fsp3) is 0.615. The van der Waals surface area contributed by atoms with E-state index in [0.29, 0.717) is 0 Å². The molecule has 0 aliphatic heterocycles. The van der Waals surface area contributed by atoms with Crippen LogP contribution in [0.15, 0.2) is 18.2 Å². The van der Waals surface area contributed by atoms with Gasteiger partial charge in [-0.3, -0.25) is 0 Å². The summed E-state index contributed by atoms with van der Waals surface area (Å²) in [6, 6.07) is 3.92. The Labute approximate surface area is 106 Å². The fourth-order valence-electron chi connectivity index (χ4n) is 1.85. The van der Waals surface area contributed by atoms with E-state index in [1.165, 1.54) is 6.07 Å². The Morgan fingerprint density at radius 3 is 2.39 bits per heavy atom. The molecule has 0 aliphatic carbocycles. The Morgan fingerprint density at radius 1 is 1.22 bits per heavy atom. The van der Waals surface area contributed by atoms with Crippen LogP contribution in [0.4, 0.5) is 19.0 Å². The minimum absolute atomic E-state index is 0.216. The van der Waals surface area contributed by atoms with Crippen molar-refractivity contribution in [2.75, 3.05) is 5.32 Å². The zero-order valence-corrected chi connectivity index (χ0v) is 10.9. The van der Waals surface area contributed by atoms with Gasteiger partial charge in [-0.1, -0.05) is 26.3 Å². The van der Waals surface area contributed by atoms with E-state index in [1.54, 1.807) is 6.07 Å². The van der Waals surface area contributed by atoms with Crippen LogP contribution < -0.4 is 5.32 Å². The standard InChI is InChI=1S/C13H19F3N2/c1-4-9-12(3,5-2)18-11-8-6-7-10(17-11)13(14,15)16/h6-8H,4-5,9H2,1-3H3,(H,17,18). The molecule has 18 heavy (non-hydrogen) atoms. The van der Waals surface area contributed by atoms with Crippen LogP contribution >= 0.6 is 0 Å². The summed E-state index contributed by atoms with van der Waals surface area (Å²) in [5.41, 5.74) is -1.08. The molecule has 0 saturated carbocycles. The van der Waals surface area contributed by atoms with E-state index in [4.69, 9.17) is 0 Å². The molecule has 1 heterocycles. The summed E-state index contributed by atoms with van der Waals surface area (Å²) in [7, 11) is 0. The van der Waals surface area contributed by atoms with Gasteiger partial charge in [0.15, 0.2) is 0 Å². The molecule has 5 heteroatoms.